The van der Waals surface area contributed by atoms with Crippen LogP contribution in [0.25, 0.3) is 5.65 Å². The lowest BCUT2D eigenvalue weighted by atomic mass is 10.0. The number of hydrogen-bond donors (Lipinski definition) is 1. The van der Waals surface area contributed by atoms with E-state index in [1.807, 2.05) is 0 Å². The Bertz CT molecular complexity index is 1380. The van der Waals surface area contributed by atoms with Crippen molar-refractivity contribution >= 4 is 34.5 Å². The van der Waals surface area contributed by atoms with E-state index in [1.165, 1.54) is 34.2 Å². The summed E-state index contributed by atoms with van der Waals surface area (Å²) >= 11 is 1.35. The van der Waals surface area contributed by atoms with Gasteiger partial charge in [-0.05, 0) is 36.2 Å². The number of halogens is 3. The molecule has 33 heavy (non-hydrogen) atoms. The predicted molar refractivity (Wildman–Crippen MR) is 115 cm³/mol. The molecule has 0 unspecified atom stereocenters. The van der Waals surface area contributed by atoms with Gasteiger partial charge in [-0.15, -0.1) is 11.3 Å². The van der Waals surface area contributed by atoms with Crippen molar-refractivity contribution < 1.29 is 22.8 Å². The molecule has 0 aliphatic carbocycles. The largest absolute Gasteiger partial charge is 0.416 e. The Labute approximate surface area is 189 Å². The Morgan fingerprint density at radius 1 is 1.15 bits per heavy atom. The zero-order valence-corrected chi connectivity index (χ0v) is 17.8. The SMILES string of the molecule is O=C(Nc1cccc(C(F)(F)F)c1)c1csc2c1CCN(C(=O)c1cnn3cccnc13)C2. The molecule has 0 atom stereocenters. The molecular formula is C22H16F3N5O2S. The first kappa shape index (κ1) is 21.1. The molecule has 0 bridgehead atoms. The molecule has 1 aromatic carbocycles. The van der Waals surface area contributed by atoms with Crippen LogP contribution >= 0.6 is 11.3 Å². The number of nitrogens with zero attached hydrogens (tertiary/aromatic N) is 4. The second kappa shape index (κ2) is 8.00. The van der Waals surface area contributed by atoms with Crippen molar-refractivity contribution in [3.8, 4) is 0 Å². The highest BCUT2D eigenvalue weighted by Gasteiger charge is 2.31. The van der Waals surface area contributed by atoms with E-state index in [4.69, 9.17) is 0 Å². The molecule has 7 nitrogen and oxygen atoms in total. The van der Waals surface area contributed by atoms with Gasteiger partial charge in [-0.3, -0.25) is 9.59 Å². The van der Waals surface area contributed by atoms with Crippen LogP contribution < -0.4 is 5.32 Å². The number of thiophene rings is 1. The molecule has 0 spiro atoms. The maximum absolute atomic E-state index is 13.0. The monoisotopic (exact) mass is 471 g/mol. The lowest BCUT2D eigenvalue weighted by molar-refractivity contribution is -0.137. The van der Waals surface area contributed by atoms with Gasteiger partial charge < -0.3 is 10.2 Å². The van der Waals surface area contributed by atoms with Crippen molar-refractivity contribution in [1.82, 2.24) is 19.5 Å². The van der Waals surface area contributed by atoms with Crippen molar-refractivity contribution in [2.45, 2.75) is 19.1 Å². The van der Waals surface area contributed by atoms with E-state index >= 15 is 0 Å². The van der Waals surface area contributed by atoms with Crippen LogP contribution in [0.5, 0.6) is 0 Å². The molecule has 168 valence electrons. The highest BCUT2D eigenvalue weighted by molar-refractivity contribution is 7.10. The van der Waals surface area contributed by atoms with Crippen molar-refractivity contribution in [2.75, 3.05) is 11.9 Å². The van der Waals surface area contributed by atoms with E-state index in [0.29, 0.717) is 36.3 Å². The minimum Gasteiger partial charge on any atom is -0.333 e. The van der Waals surface area contributed by atoms with Gasteiger partial charge in [-0.25, -0.2) is 9.50 Å². The van der Waals surface area contributed by atoms with E-state index in [0.717, 1.165) is 22.6 Å². The van der Waals surface area contributed by atoms with Crippen LogP contribution in [-0.4, -0.2) is 37.9 Å². The van der Waals surface area contributed by atoms with Crippen molar-refractivity contribution in [1.29, 1.82) is 0 Å². The van der Waals surface area contributed by atoms with Gasteiger partial charge in [0.05, 0.1) is 23.9 Å². The number of alkyl halides is 3. The van der Waals surface area contributed by atoms with Crippen LogP contribution in [0, 0.1) is 0 Å². The van der Waals surface area contributed by atoms with Gasteiger partial charge in [0, 0.05) is 34.9 Å². The van der Waals surface area contributed by atoms with E-state index in [1.54, 1.807) is 28.7 Å². The van der Waals surface area contributed by atoms with Gasteiger partial charge >= 0.3 is 6.18 Å². The number of carbonyl (C=O) groups is 2. The third-order valence-corrected chi connectivity index (χ3v) is 6.45. The van der Waals surface area contributed by atoms with Crippen molar-refractivity contribution in [3.05, 3.63) is 81.4 Å². The number of anilines is 1. The standard InChI is InChI=1S/C22H16F3N5O2S/c23-22(24,25)13-3-1-4-14(9-13)28-20(31)17-12-33-18-11-29(8-5-15(17)18)21(32)16-10-27-30-7-2-6-26-19(16)30/h1-4,6-7,9-10,12H,5,8,11H2,(H,28,31). The third kappa shape index (κ3) is 3.95. The summed E-state index contributed by atoms with van der Waals surface area (Å²) in [6.07, 6.45) is 0.763. The van der Waals surface area contributed by atoms with Crippen LogP contribution in [0.2, 0.25) is 0 Å². The molecule has 1 aliphatic heterocycles. The molecule has 1 N–H and O–H groups in total. The lowest BCUT2D eigenvalue weighted by Crippen LogP contribution is -2.35. The number of rotatable bonds is 3. The maximum atomic E-state index is 13.0. The van der Waals surface area contributed by atoms with Crippen LogP contribution in [0.4, 0.5) is 18.9 Å². The van der Waals surface area contributed by atoms with Gasteiger partial charge in [0.15, 0.2) is 5.65 Å². The molecule has 4 aromatic rings. The Kier molecular flexibility index (Phi) is 5.12. The maximum Gasteiger partial charge on any atom is 0.416 e. The summed E-state index contributed by atoms with van der Waals surface area (Å²) in [5.41, 5.74) is 1.34. The van der Waals surface area contributed by atoms with Crippen LogP contribution in [-0.2, 0) is 19.1 Å². The summed E-state index contributed by atoms with van der Waals surface area (Å²) in [7, 11) is 0. The average molecular weight is 471 g/mol. The summed E-state index contributed by atoms with van der Waals surface area (Å²) in [4.78, 5) is 32.6. The molecule has 0 saturated carbocycles. The van der Waals surface area contributed by atoms with Gasteiger partial charge in [0.25, 0.3) is 11.8 Å². The first-order valence-corrected chi connectivity index (χ1v) is 10.8. The summed E-state index contributed by atoms with van der Waals surface area (Å²) < 4.78 is 40.4. The van der Waals surface area contributed by atoms with E-state index < -0.39 is 17.6 Å². The third-order valence-electron chi connectivity index (χ3n) is 5.44. The van der Waals surface area contributed by atoms with Crippen LogP contribution in [0.15, 0.2) is 54.3 Å². The Morgan fingerprint density at radius 3 is 2.82 bits per heavy atom. The topological polar surface area (TPSA) is 79.6 Å². The number of amides is 2. The first-order valence-electron chi connectivity index (χ1n) is 9.97. The fraction of sp³-hybridized carbons (Fsp3) is 0.182. The molecule has 0 saturated heterocycles. The number of nitrogens with one attached hydrogen (secondary N) is 1. The molecule has 5 rings (SSSR count). The molecular weight excluding hydrogens is 455 g/mol. The Balaban J connectivity index is 1.33. The van der Waals surface area contributed by atoms with Gasteiger partial charge in [-0.1, -0.05) is 6.07 Å². The quantitative estimate of drug-likeness (QED) is 0.484. The summed E-state index contributed by atoms with van der Waals surface area (Å²) in [6.45, 7) is 0.733. The number of aromatic nitrogens is 3. The molecule has 3 aromatic heterocycles. The second-order valence-corrected chi connectivity index (χ2v) is 8.47. The van der Waals surface area contributed by atoms with Gasteiger partial charge in [0.1, 0.15) is 5.56 Å². The van der Waals surface area contributed by atoms with Crippen molar-refractivity contribution in [2.24, 2.45) is 0 Å². The fourth-order valence-electron chi connectivity index (χ4n) is 3.81. The molecule has 2 amide bonds. The molecule has 1 aliphatic rings. The number of fused-ring (bicyclic) bond motifs is 2. The molecule has 0 radical (unpaired) electrons. The summed E-state index contributed by atoms with van der Waals surface area (Å²) in [6, 6.07) is 6.24. The van der Waals surface area contributed by atoms with E-state index in [2.05, 4.69) is 15.4 Å². The highest BCUT2D eigenvalue weighted by Crippen LogP contribution is 2.32. The van der Waals surface area contributed by atoms with Crippen LogP contribution in [0.3, 0.4) is 0 Å². The first-order chi connectivity index (χ1) is 15.8. The molecule has 0 fully saturated rings. The number of benzene rings is 1. The molecule has 11 heteroatoms. The van der Waals surface area contributed by atoms with Crippen LogP contribution in [0.1, 0.15) is 36.7 Å². The summed E-state index contributed by atoms with van der Waals surface area (Å²) in [5, 5.41) is 8.38. The normalized spacial score (nSPS) is 13.7. The minimum atomic E-state index is -4.49. The summed E-state index contributed by atoms with van der Waals surface area (Å²) in [5.74, 6) is -0.670. The molecule has 4 heterocycles. The Morgan fingerprint density at radius 2 is 2.00 bits per heavy atom. The average Bonchev–Trinajstić information content (AvgIpc) is 3.42. The lowest BCUT2D eigenvalue weighted by Gasteiger charge is -2.27. The number of carbonyl (C=O) groups excluding carboxylic acids is 2. The zero-order chi connectivity index (χ0) is 23.2. The zero-order valence-electron chi connectivity index (χ0n) is 17.0. The second-order valence-electron chi connectivity index (χ2n) is 7.51. The Hall–Kier alpha value is -3.73. The smallest absolute Gasteiger partial charge is 0.333 e. The fourth-order valence-corrected chi connectivity index (χ4v) is 4.91. The number of hydrogen-bond acceptors (Lipinski definition) is 5. The van der Waals surface area contributed by atoms with Gasteiger partial charge in [0.2, 0.25) is 0 Å². The van der Waals surface area contributed by atoms with Gasteiger partial charge in [-0.2, -0.15) is 18.3 Å². The van der Waals surface area contributed by atoms with Crippen molar-refractivity contribution in [3.63, 3.8) is 0 Å². The minimum absolute atomic E-state index is 0.0722. The van der Waals surface area contributed by atoms with E-state index in [-0.39, 0.29) is 11.6 Å². The predicted octanol–water partition coefficient (Wildman–Crippen LogP) is 4.26. The highest BCUT2D eigenvalue weighted by atomic mass is 32.1. The van der Waals surface area contributed by atoms with E-state index in [9.17, 15) is 22.8 Å².